The number of hydrogen-bond donors (Lipinski definition) is 2. The predicted octanol–water partition coefficient (Wildman–Crippen LogP) is 11.6. The molecule has 8 fully saturated rings. The van der Waals surface area contributed by atoms with Crippen molar-refractivity contribution < 1.29 is 24.6 Å². The maximum Gasteiger partial charge on any atom is 0.303 e. The van der Waals surface area contributed by atoms with E-state index in [4.69, 9.17) is 5.11 Å². The van der Waals surface area contributed by atoms with E-state index in [1.807, 2.05) is 0 Å². The summed E-state index contributed by atoms with van der Waals surface area (Å²) in [7, 11) is 0. The van der Waals surface area contributed by atoms with Crippen LogP contribution in [0.15, 0.2) is 0 Å². The fraction of sp³-hybridized carbons (Fsp3) is 0.939. The first kappa shape index (κ1) is 40.9. The number of carboxylic acid groups (broad SMARTS) is 1. The Hall–Kier alpha value is -1.23. The lowest BCUT2D eigenvalue weighted by atomic mass is 9.43. The molecule has 8 rings (SSSR count). The molecule has 0 aliphatic heterocycles. The smallest absolute Gasteiger partial charge is 0.303 e. The molecule has 0 bridgehead atoms. The molecule has 5 nitrogen and oxygen atoms in total. The fourth-order valence-corrected chi connectivity index (χ4v) is 17.2. The third-order valence-corrected chi connectivity index (χ3v) is 20.3. The number of rotatable bonds is 7. The molecule has 5 heteroatoms. The van der Waals surface area contributed by atoms with E-state index in [1.165, 1.54) is 64.2 Å². The Balaban J connectivity index is 0.000000167. The van der Waals surface area contributed by atoms with Crippen molar-refractivity contribution in [2.45, 2.75) is 190 Å². The lowest BCUT2D eigenvalue weighted by molar-refractivity contribution is -0.160. The molecule has 2 N–H and O–H groups in total. The molecule has 0 aromatic carbocycles. The molecule has 4 unspecified atom stereocenters. The number of carbonyl (C=O) groups excluding carboxylic acids is 2. The van der Waals surface area contributed by atoms with Gasteiger partial charge in [0, 0.05) is 31.1 Å². The summed E-state index contributed by atoms with van der Waals surface area (Å²) in [5.41, 5.74) is 1.30. The van der Waals surface area contributed by atoms with E-state index >= 15 is 0 Å². The largest absolute Gasteiger partial charge is 0.481 e. The second kappa shape index (κ2) is 15.2. The van der Waals surface area contributed by atoms with Gasteiger partial charge in [0.1, 0.15) is 11.6 Å². The highest BCUT2D eigenvalue weighted by Gasteiger charge is 2.64. The zero-order chi connectivity index (χ0) is 39.0. The standard InChI is InChI=1S/C25H42O.C24H38O4/c1-6-7-17(3)19-8-9-20-23-21(11-13-25(19,20)5)24(4)12-10-16(2)14-18(24)15-22(23)26;1-14(4-7-21(27)28)17-5-6-18-22-19(9-11-24(17,18)3)23(2)10-8-16(25)12-15(23)13-20(22)26/h16-21,23H,6-15H2,1-5H3;14-19,22,25H,4-13H2,1-3H3,(H,27,28)/t16-,17-,18+,19-,20?,21?,23+,24+,25-;14-,15+,16-,17-,18?,19?,22+,23+,24-/m11/s1. The molecule has 0 saturated heterocycles. The maximum absolute atomic E-state index is 13.4. The Morgan fingerprint density at radius 1 is 0.648 bits per heavy atom. The van der Waals surface area contributed by atoms with Gasteiger partial charge < -0.3 is 10.2 Å². The number of carbonyl (C=O) groups is 3. The zero-order valence-electron chi connectivity index (χ0n) is 35.8. The summed E-state index contributed by atoms with van der Waals surface area (Å²) in [6, 6.07) is 0. The predicted molar refractivity (Wildman–Crippen MR) is 216 cm³/mol. The second-order valence-corrected chi connectivity index (χ2v) is 22.7. The van der Waals surface area contributed by atoms with Gasteiger partial charge in [-0.15, -0.1) is 0 Å². The van der Waals surface area contributed by atoms with E-state index < -0.39 is 5.97 Å². The Kier molecular flexibility index (Phi) is 11.5. The lowest BCUT2D eigenvalue weighted by Crippen LogP contribution is -2.57. The fourth-order valence-electron chi connectivity index (χ4n) is 17.2. The highest BCUT2D eigenvalue weighted by Crippen LogP contribution is 2.69. The van der Waals surface area contributed by atoms with Crippen molar-refractivity contribution in [1.29, 1.82) is 0 Å². The zero-order valence-corrected chi connectivity index (χ0v) is 35.8. The van der Waals surface area contributed by atoms with Crippen molar-refractivity contribution in [1.82, 2.24) is 0 Å². The van der Waals surface area contributed by atoms with Crippen LogP contribution >= 0.6 is 0 Å². The summed E-state index contributed by atoms with van der Waals surface area (Å²) >= 11 is 0. The van der Waals surface area contributed by atoms with E-state index in [2.05, 4.69) is 55.4 Å². The number of ketones is 2. The first-order valence-electron chi connectivity index (χ1n) is 23.4. The summed E-state index contributed by atoms with van der Waals surface area (Å²) in [6.07, 6.45) is 21.9. The van der Waals surface area contributed by atoms with Crippen LogP contribution in [-0.2, 0) is 14.4 Å². The van der Waals surface area contributed by atoms with E-state index in [-0.39, 0.29) is 29.3 Å². The van der Waals surface area contributed by atoms with Gasteiger partial charge in [-0.05, 0) is 177 Å². The maximum atomic E-state index is 13.4. The molecule has 8 saturated carbocycles. The van der Waals surface area contributed by atoms with Gasteiger partial charge >= 0.3 is 5.97 Å². The van der Waals surface area contributed by atoms with Crippen LogP contribution in [-0.4, -0.2) is 33.9 Å². The van der Waals surface area contributed by atoms with Crippen LogP contribution in [0.2, 0.25) is 0 Å². The third kappa shape index (κ3) is 6.72. The molecular weight excluding hydrogens is 669 g/mol. The van der Waals surface area contributed by atoms with Gasteiger partial charge in [0.05, 0.1) is 6.10 Å². The molecule has 8 aliphatic rings. The van der Waals surface area contributed by atoms with Crippen molar-refractivity contribution in [3.63, 3.8) is 0 Å². The van der Waals surface area contributed by atoms with Crippen LogP contribution in [0.25, 0.3) is 0 Å². The number of aliphatic carboxylic acids is 1. The molecule has 306 valence electrons. The second-order valence-electron chi connectivity index (χ2n) is 22.7. The Labute approximate surface area is 329 Å². The summed E-state index contributed by atoms with van der Waals surface area (Å²) in [4.78, 5) is 37.8. The molecule has 54 heavy (non-hydrogen) atoms. The molecule has 0 aromatic heterocycles. The van der Waals surface area contributed by atoms with E-state index in [1.54, 1.807) is 0 Å². The van der Waals surface area contributed by atoms with Crippen LogP contribution in [0.4, 0.5) is 0 Å². The average Bonchev–Trinajstić information content (AvgIpc) is 3.66. The molecule has 8 aliphatic carbocycles. The first-order valence-corrected chi connectivity index (χ1v) is 23.4. The number of aliphatic hydroxyl groups is 1. The molecule has 0 radical (unpaired) electrons. The summed E-state index contributed by atoms with van der Waals surface area (Å²) < 4.78 is 0. The van der Waals surface area contributed by atoms with Gasteiger partial charge in [0.15, 0.2) is 0 Å². The number of fused-ring (bicyclic) bond motifs is 10. The summed E-state index contributed by atoms with van der Waals surface area (Å²) in [5, 5.41) is 19.3. The van der Waals surface area contributed by atoms with Crippen molar-refractivity contribution in [3.8, 4) is 0 Å². The van der Waals surface area contributed by atoms with E-state index in [0.29, 0.717) is 82.1 Å². The minimum absolute atomic E-state index is 0.187. The van der Waals surface area contributed by atoms with Crippen molar-refractivity contribution in [3.05, 3.63) is 0 Å². The first-order chi connectivity index (χ1) is 25.5. The van der Waals surface area contributed by atoms with Gasteiger partial charge in [-0.2, -0.15) is 0 Å². The molecule has 18 atom stereocenters. The van der Waals surface area contributed by atoms with Gasteiger partial charge in [0.25, 0.3) is 0 Å². The van der Waals surface area contributed by atoms with Crippen LogP contribution < -0.4 is 0 Å². The highest BCUT2D eigenvalue weighted by atomic mass is 16.4. The van der Waals surface area contributed by atoms with Gasteiger partial charge in [-0.3, -0.25) is 14.4 Å². The highest BCUT2D eigenvalue weighted by molar-refractivity contribution is 5.84. The van der Waals surface area contributed by atoms with Crippen LogP contribution in [0.1, 0.15) is 184 Å². The minimum atomic E-state index is -0.698. The molecule has 0 aromatic rings. The van der Waals surface area contributed by atoms with Gasteiger partial charge in [-0.1, -0.05) is 74.7 Å². The van der Waals surface area contributed by atoms with Gasteiger partial charge in [-0.25, -0.2) is 0 Å². The van der Waals surface area contributed by atoms with Crippen molar-refractivity contribution in [2.75, 3.05) is 0 Å². The molecule has 0 amide bonds. The topological polar surface area (TPSA) is 91.7 Å². The lowest BCUT2D eigenvalue weighted by Gasteiger charge is -2.60. The van der Waals surface area contributed by atoms with Crippen LogP contribution in [0, 0.1) is 98.6 Å². The quantitative estimate of drug-likeness (QED) is 0.270. The van der Waals surface area contributed by atoms with Crippen molar-refractivity contribution in [2.24, 2.45) is 98.6 Å². The number of carboxylic acids is 1. The summed E-state index contributed by atoms with van der Waals surface area (Å²) in [5.74, 6) is 7.92. The normalized spacial score (nSPS) is 50.5. The number of Topliss-reactive ketones (excluding diaryl/α,β-unsaturated/α-hetero) is 2. The van der Waals surface area contributed by atoms with Crippen molar-refractivity contribution >= 4 is 17.5 Å². The van der Waals surface area contributed by atoms with Crippen LogP contribution in [0.3, 0.4) is 0 Å². The average molecular weight is 749 g/mol. The van der Waals surface area contributed by atoms with E-state index in [9.17, 15) is 19.5 Å². The monoisotopic (exact) mass is 749 g/mol. The Morgan fingerprint density at radius 3 is 1.59 bits per heavy atom. The molecular formula is C49H80O5. The van der Waals surface area contributed by atoms with E-state index in [0.717, 1.165) is 69.1 Å². The SMILES string of the molecule is CCC[C@@H](C)[C@H]1CCC2[C@@H]3C(=O)C[C@@H]4C[C@H](C)CC[C@]4(C)C3CC[C@@]21C.C[C@H](CCC(=O)O)[C@H]1CCC2[C@@H]3C(=O)C[C@@H]4C[C@H](O)CC[C@]4(C)C3CC[C@@]21C. The Morgan fingerprint density at radius 2 is 1.09 bits per heavy atom. The Bertz CT molecular complexity index is 1410. The number of aliphatic hydroxyl groups excluding tert-OH is 1. The summed E-state index contributed by atoms with van der Waals surface area (Å²) in [6.45, 7) is 19.5. The molecule has 0 heterocycles. The molecule has 0 spiro atoms. The van der Waals surface area contributed by atoms with Crippen LogP contribution in [0.5, 0.6) is 0 Å². The minimum Gasteiger partial charge on any atom is -0.481 e. The number of hydrogen-bond acceptors (Lipinski definition) is 4. The van der Waals surface area contributed by atoms with Gasteiger partial charge in [0.2, 0.25) is 0 Å². The third-order valence-electron chi connectivity index (χ3n) is 20.3.